The van der Waals surface area contributed by atoms with Crippen LogP contribution in [0.25, 0.3) is 0 Å². The lowest BCUT2D eigenvalue weighted by molar-refractivity contribution is 0.0314. The summed E-state index contributed by atoms with van der Waals surface area (Å²) < 4.78 is 25.3. The molecular formula is C10H11F2NO2. The van der Waals surface area contributed by atoms with Gasteiger partial charge in [0.2, 0.25) is 0 Å². The number of hydrogen-bond donors (Lipinski definition) is 1. The van der Waals surface area contributed by atoms with Gasteiger partial charge in [0, 0.05) is 5.56 Å². The molecule has 82 valence electrons. The molecule has 5 heteroatoms. The molecule has 0 heterocycles. The van der Waals surface area contributed by atoms with Crippen LogP contribution in [-0.4, -0.2) is 12.5 Å². The molecule has 3 nitrogen and oxygen atoms in total. The number of amides is 1. The van der Waals surface area contributed by atoms with E-state index in [1.165, 1.54) is 6.07 Å². The molecule has 1 N–H and O–H groups in total. The van der Waals surface area contributed by atoms with Gasteiger partial charge in [-0.05, 0) is 24.6 Å². The maximum Gasteiger partial charge on any atom is 0.274 e. The van der Waals surface area contributed by atoms with Gasteiger partial charge < -0.3 is 0 Å². The zero-order valence-corrected chi connectivity index (χ0v) is 8.22. The molecule has 0 unspecified atom stereocenters. The summed E-state index contributed by atoms with van der Waals surface area (Å²) in [6, 6.07) is 2.90. The molecule has 0 fully saturated rings. The van der Waals surface area contributed by atoms with Crippen molar-refractivity contribution in [2.24, 2.45) is 0 Å². The Morgan fingerprint density at radius 1 is 1.40 bits per heavy atom. The molecule has 0 radical (unpaired) electrons. The van der Waals surface area contributed by atoms with Gasteiger partial charge in [0.05, 0.1) is 6.61 Å². The number of carbonyl (C=O) groups excluding carboxylic acids is 1. The molecular weight excluding hydrogens is 204 g/mol. The average molecular weight is 215 g/mol. The van der Waals surface area contributed by atoms with Crippen molar-refractivity contribution in [2.75, 3.05) is 6.61 Å². The van der Waals surface area contributed by atoms with Crippen molar-refractivity contribution in [2.45, 2.75) is 13.3 Å². The summed E-state index contributed by atoms with van der Waals surface area (Å²) in [6.45, 7) is 2.25. The molecule has 15 heavy (non-hydrogen) atoms. The minimum Gasteiger partial charge on any atom is -0.273 e. The summed E-state index contributed by atoms with van der Waals surface area (Å²) in [5.74, 6) is -2.64. The second-order valence-electron chi connectivity index (χ2n) is 2.91. The fourth-order valence-electron chi connectivity index (χ4n) is 0.915. The molecule has 1 amide bonds. The van der Waals surface area contributed by atoms with Crippen LogP contribution in [-0.2, 0) is 4.84 Å². The Bertz CT molecular complexity index is 355. The van der Waals surface area contributed by atoms with E-state index in [1.807, 2.05) is 6.92 Å². The number of carbonyl (C=O) groups is 1. The molecule has 0 saturated carbocycles. The van der Waals surface area contributed by atoms with Crippen molar-refractivity contribution in [3.8, 4) is 0 Å². The van der Waals surface area contributed by atoms with Gasteiger partial charge >= 0.3 is 0 Å². The number of nitrogens with one attached hydrogen (secondary N) is 1. The summed E-state index contributed by atoms with van der Waals surface area (Å²) >= 11 is 0. The van der Waals surface area contributed by atoms with Crippen LogP contribution in [0.2, 0.25) is 0 Å². The fourth-order valence-corrected chi connectivity index (χ4v) is 0.915. The molecule has 1 aromatic rings. The Kier molecular flexibility index (Phi) is 4.17. The van der Waals surface area contributed by atoms with Crippen LogP contribution in [0.3, 0.4) is 0 Å². The fraction of sp³-hybridized carbons (Fsp3) is 0.300. The SMILES string of the molecule is CCCONC(=O)c1ccc(F)c(F)c1. The molecule has 0 atom stereocenters. The Morgan fingerprint density at radius 2 is 2.13 bits per heavy atom. The lowest BCUT2D eigenvalue weighted by atomic mass is 10.2. The standard InChI is InChI=1S/C10H11F2NO2/c1-2-5-15-13-10(14)7-3-4-8(11)9(12)6-7/h3-4,6H,2,5H2,1H3,(H,13,14). The first kappa shape index (κ1) is 11.6. The number of rotatable bonds is 4. The second-order valence-corrected chi connectivity index (χ2v) is 2.91. The number of benzene rings is 1. The molecule has 0 spiro atoms. The summed E-state index contributed by atoms with van der Waals surface area (Å²) in [5, 5.41) is 0. The molecule has 1 aromatic carbocycles. The summed E-state index contributed by atoms with van der Waals surface area (Å²) in [6.07, 6.45) is 0.748. The van der Waals surface area contributed by atoms with Crippen LogP contribution in [0.1, 0.15) is 23.7 Å². The maximum atomic E-state index is 12.7. The van der Waals surface area contributed by atoms with Gasteiger partial charge in [-0.25, -0.2) is 14.3 Å². The van der Waals surface area contributed by atoms with E-state index in [0.29, 0.717) is 6.61 Å². The van der Waals surface area contributed by atoms with Crippen LogP contribution in [0.5, 0.6) is 0 Å². The van der Waals surface area contributed by atoms with E-state index in [-0.39, 0.29) is 5.56 Å². The van der Waals surface area contributed by atoms with E-state index in [9.17, 15) is 13.6 Å². The van der Waals surface area contributed by atoms with E-state index in [0.717, 1.165) is 18.6 Å². The molecule has 0 aromatic heterocycles. The first-order chi connectivity index (χ1) is 7.15. The third-order valence-electron chi connectivity index (χ3n) is 1.65. The smallest absolute Gasteiger partial charge is 0.273 e. The highest BCUT2D eigenvalue weighted by molar-refractivity contribution is 5.93. The minimum absolute atomic E-state index is 0.0185. The zero-order chi connectivity index (χ0) is 11.3. The van der Waals surface area contributed by atoms with Crippen LogP contribution >= 0.6 is 0 Å². The van der Waals surface area contributed by atoms with Gasteiger partial charge in [-0.15, -0.1) is 0 Å². The molecule has 1 rings (SSSR count). The van der Waals surface area contributed by atoms with Crippen LogP contribution < -0.4 is 5.48 Å². The van der Waals surface area contributed by atoms with Crippen LogP contribution in [0.4, 0.5) is 8.78 Å². The Labute approximate surface area is 86.0 Å². The first-order valence-corrected chi connectivity index (χ1v) is 4.52. The van der Waals surface area contributed by atoms with Gasteiger partial charge in [-0.1, -0.05) is 6.92 Å². The highest BCUT2D eigenvalue weighted by Crippen LogP contribution is 2.08. The topological polar surface area (TPSA) is 38.3 Å². The maximum absolute atomic E-state index is 12.7. The summed E-state index contributed by atoms with van der Waals surface area (Å²) in [4.78, 5) is 16.0. The van der Waals surface area contributed by atoms with Crippen molar-refractivity contribution >= 4 is 5.91 Å². The van der Waals surface area contributed by atoms with E-state index in [4.69, 9.17) is 4.84 Å². The first-order valence-electron chi connectivity index (χ1n) is 4.52. The summed E-state index contributed by atoms with van der Waals surface area (Å²) in [5.41, 5.74) is 2.14. The van der Waals surface area contributed by atoms with Gasteiger partial charge in [-0.3, -0.25) is 9.63 Å². The number of halogens is 2. The molecule has 0 aliphatic carbocycles. The molecule has 0 bridgehead atoms. The van der Waals surface area contributed by atoms with Gasteiger partial charge in [0.15, 0.2) is 11.6 Å². The van der Waals surface area contributed by atoms with Crippen molar-refractivity contribution in [3.63, 3.8) is 0 Å². The van der Waals surface area contributed by atoms with E-state index >= 15 is 0 Å². The second kappa shape index (κ2) is 5.41. The monoisotopic (exact) mass is 215 g/mol. The Morgan fingerprint density at radius 3 is 2.73 bits per heavy atom. The van der Waals surface area contributed by atoms with E-state index in [2.05, 4.69) is 5.48 Å². The lowest BCUT2D eigenvalue weighted by Gasteiger charge is -2.04. The van der Waals surface area contributed by atoms with Crippen LogP contribution in [0.15, 0.2) is 18.2 Å². The third kappa shape index (κ3) is 3.28. The van der Waals surface area contributed by atoms with Crippen molar-refractivity contribution in [1.29, 1.82) is 0 Å². The Balaban J connectivity index is 2.62. The van der Waals surface area contributed by atoms with Gasteiger partial charge in [-0.2, -0.15) is 0 Å². The predicted molar refractivity (Wildman–Crippen MR) is 50.1 cm³/mol. The largest absolute Gasteiger partial charge is 0.274 e. The zero-order valence-electron chi connectivity index (χ0n) is 8.22. The van der Waals surface area contributed by atoms with E-state index < -0.39 is 17.5 Å². The highest BCUT2D eigenvalue weighted by atomic mass is 19.2. The Hall–Kier alpha value is -1.49. The third-order valence-corrected chi connectivity index (χ3v) is 1.65. The van der Waals surface area contributed by atoms with Gasteiger partial charge in [0.25, 0.3) is 5.91 Å². The van der Waals surface area contributed by atoms with Crippen molar-refractivity contribution < 1.29 is 18.4 Å². The van der Waals surface area contributed by atoms with E-state index in [1.54, 1.807) is 0 Å². The lowest BCUT2D eigenvalue weighted by Crippen LogP contribution is -2.24. The number of hydroxylamine groups is 1. The molecule has 0 aliphatic rings. The molecule has 0 saturated heterocycles. The average Bonchev–Trinajstić information content (AvgIpc) is 2.22. The quantitative estimate of drug-likeness (QED) is 0.616. The number of hydrogen-bond acceptors (Lipinski definition) is 2. The van der Waals surface area contributed by atoms with Crippen molar-refractivity contribution in [3.05, 3.63) is 35.4 Å². The summed E-state index contributed by atoms with van der Waals surface area (Å²) in [7, 11) is 0. The van der Waals surface area contributed by atoms with Crippen LogP contribution in [0, 0.1) is 11.6 Å². The van der Waals surface area contributed by atoms with Gasteiger partial charge in [0.1, 0.15) is 0 Å². The molecule has 0 aliphatic heterocycles. The highest BCUT2D eigenvalue weighted by Gasteiger charge is 2.09. The van der Waals surface area contributed by atoms with Crippen molar-refractivity contribution in [1.82, 2.24) is 5.48 Å². The normalized spacial score (nSPS) is 10.1. The predicted octanol–water partition coefficient (Wildman–Crippen LogP) is 2.04. The minimum atomic E-state index is -1.06.